The summed E-state index contributed by atoms with van der Waals surface area (Å²) in [5.74, 6) is 0.820. The Bertz CT molecular complexity index is 792. The number of hydrogen-bond acceptors (Lipinski definition) is 6. The lowest BCUT2D eigenvalue weighted by Crippen LogP contribution is -2.03. The predicted molar refractivity (Wildman–Crippen MR) is 84.3 cm³/mol. The molecule has 1 aliphatic rings. The van der Waals surface area contributed by atoms with Crippen molar-refractivity contribution in [2.24, 2.45) is 0 Å². The molecule has 0 unspecified atom stereocenters. The Labute approximate surface area is 136 Å². The maximum absolute atomic E-state index is 12.2. The molecule has 5 nitrogen and oxygen atoms in total. The maximum Gasteiger partial charge on any atom is 0.348 e. The van der Waals surface area contributed by atoms with Gasteiger partial charge in [-0.25, -0.2) is 4.79 Å². The molecular weight excluding hydrogens is 314 g/mol. The molecule has 0 bridgehead atoms. The van der Waals surface area contributed by atoms with Gasteiger partial charge in [-0.05, 0) is 49.4 Å². The summed E-state index contributed by atoms with van der Waals surface area (Å²) in [5.41, 5.74) is 1.86. The van der Waals surface area contributed by atoms with Crippen LogP contribution in [0, 0.1) is 0 Å². The average Bonchev–Trinajstić information content (AvgIpc) is 3.31. The molecule has 23 heavy (non-hydrogen) atoms. The van der Waals surface area contributed by atoms with Crippen LogP contribution in [0.4, 0.5) is 0 Å². The van der Waals surface area contributed by atoms with E-state index in [4.69, 9.17) is 13.7 Å². The molecule has 6 heteroatoms. The molecule has 3 aromatic rings. The van der Waals surface area contributed by atoms with Crippen LogP contribution >= 0.6 is 11.3 Å². The van der Waals surface area contributed by atoms with Crippen LogP contribution in [0.2, 0.25) is 0 Å². The third-order valence-corrected chi connectivity index (χ3v) is 5.09. The summed E-state index contributed by atoms with van der Waals surface area (Å²) >= 11 is 1.55. The Kier molecular flexibility index (Phi) is 3.75. The zero-order valence-corrected chi connectivity index (χ0v) is 13.2. The van der Waals surface area contributed by atoms with E-state index in [1.165, 1.54) is 23.3 Å². The molecular formula is C17H15NO4S. The lowest BCUT2D eigenvalue weighted by atomic mass is 9.99. The first kappa shape index (κ1) is 14.3. The number of carbonyl (C=O) groups excluding carboxylic acids is 1. The second-order valence-corrected chi connectivity index (χ2v) is 6.64. The molecule has 4 rings (SSSR count). The highest BCUT2D eigenvalue weighted by Crippen LogP contribution is 2.30. The van der Waals surface area contributed by atoms with Crippen molar-refractivity contribution in [1.82, 2.24) is 5.16 Å². The first-order chi connectivity index (χ1) is 11.3. The minimum Gasteiger partial charge on any atom is -0.461 e. The highest BCUT2D eigenvalue weighted by molar-refractivity contribution is 7.14. The molecule has 0 saturated heterocycles. The molecule has 3 aromatic heterocycles. The summed E-state index contributed by atoms with van der Waals surface area (Å²) in [5, 5.41) is 3.89. The molecule has 0 saturated carbocycles. The van der Waals surface area contributed by atoms with E-state index in [1.54, 1.807) is 35.8 Å². The van der Waals surface area contributed by atoms with Gasteiger partial charge in [0, 0.05) is 10.9 Å². The SMILES string of the molecule is O=C(OCc1cc(-c2ccco2)on1)c1cc2c(s1)CCCC2. The molecule has 1 aliphatic carbocycles. The topological polar surface area (TPSA) is 65.5 Å². The Morgan fingerprint density at radius 1 is 1.26 bits per heavy atom. The van der Waals surface area contributed by atoms with Gasteiger partial charge in [0.05, 0.1) is 6.26 Å². The zero-order valence-electron chi connectivity index (χ0n) is 12.4. The monoisotopic (exact) mass is 329 g/mol. The van der Waals surface area contributed by atoms with Crippen molar-refractivity contribution in [2.45, 2.75) is 32.3 Å². The Balaban J connectivity index is 1.41. The van der Waals surface area contributed by atoms with Crippen molar-refractivity contribution in [3.05, 3.63) is 51.5 Å². The van der Waals surface area contributed by atoms with Crippen molar-refractivity contribution < 1.29 is 18.5 Å². The van der Waals surface area contributed by atoms with Gasteiger partial charge in [-0.15, -0.1) is 11.3 Å². The molecule has 0 aromatic carbocycles. The van der Waals surface area contributed by atoms with E-state index in [2.05, 4.69) is 5.16 Å². The van der Waals surface area contributed by atoms with E-state index >= 15 is 0 Å². The number of hydrogen-bond donors (Lipinski definition) is 0. The van der Waals surface area contributed by atoms with Crippen LogP contribution in [0.15, 0.2) is 39.5 Å². The third-order valence-electron chi connectivity index (χ3n) is 3.87. The predicted octanol–water partition coefficient (Wildman–Crippen LogP) is 4.23. The Morgan fingerprint density at radius 2 is 2.17 bits per heavy atom. The number of furan rings is 1. The Hall–Kier alpha value is -2.34. The smallest absolute Gasteiger partial charge is 0.348 e. The maximum atomic E-state index is 12.2. The normalized spacial score (nSPS) is 13.7. The first-order valence-electron chi connectivity index (χ1n) is 7.58. The van der Waals surface area contributed by atoms with E-state index in [0.29, 0.717) is 22.1 Å². The lowest BCUT2D eigenvalue weighted by Gasteiger charge is -2.08. The number of carbonyl (C=O) groups is 1. The second kappa shape index (κ2) is 6.04. The van der Waals surface area contributed by atoms with Crippen molar-refractivity contribution >= 4 is 17.3 Å². The van der Waals surface area contributed by atoms with Gasteiger partial charge in [0.2, 0.25) is 5.76 Å². The van der Waals surface area contributed by atoms with E-state index in [1.807, 2.05) is 6.07 Å². The zero-order chi connectivity index (χ0) is 15.6. The van der Waals surface area contributed by atoms with Crippen LogP contribution < -0.4 is 0 Å². The molecule has 0 amide bonds. The number of aryl methyl sites for hydroxylation is 2. The third kappa shape index (κ3) is 2.94. The van der Waals surface area contributed by atoms with Crippen LogP contribution in [0.25, 0.3) is 11.5 Å². The van der Waals surface area contributed by atoms with Crippen LogP contribution in [0.5, 0.6) is 0 Å². The van der Waals surface area contributed by atoms with Crippen LogP contribution in [0.3, 0.4) is 0 Å². The number of rotatable bonds is 4. The number of ether oxygens (including phenoxy) is 1. The number of thiophene rings is 1. The van der Waals surface area contributed by atoms with Crippen LogP contribution in [0.1, 0.15) is 38.6 Å². The van der Waals surface area contributed by atoms with Gasteiger partial charge in [0.1, 0.15) is 17.2 Å². The van der Waals surface area contributed by atoms with Crippen molar-refractivity contribution in [3.63, 3.8) is 0 Å². The summed E-state index contributed by atoms with van der Waals surface area (Å²) in [6.45, 7) is 0.0889. The summed E-state index contributed by atoms with van der Waals surface area (Å²) in [7, 11) is 0. The minimum absolute atomic E-state index is 0.0889. The lowest BCUT2D eigenvalue weighted by molar-refractivity contribution is 0.0470. The van der Waals surface area contributed by atoms with Crippen LogP contribution in [-0.2, 0) is 24.2 Å². The number of esters is 1. The van der Waals surface area contributed by atoms with E-state index in [9.17, 15) is 4.79 Å². The van der Waals surface area contributed by atoms with Gasteiger partial charge in [-0.1, -0.05) is 5.16 Å². The first-order valence-corrected chi connectivity index (χ1v) is 8.39. The van der Waals surface area contributed by atoms with Gasteiger partial charge in [-0.2, -0.15) is 0 Å². The second-order valence-electron chi connectivity index (χ2n) is 5.50. The fourth-order valence-corrected chi connectivity index (χ4v) is 3.86. The number of aromatic nitrogens is 1. The van der Waals surface area contributed by atoms with E-state index < -0.39 is 0 Å². The van der Waals surface area contributed by atoms with Crippen LogP contribution in [-0.4, -0.2) is 11.1 Å². The molecule has 118 valence electrons. The summed E-state index contributed by atoms with van der Waals surface area (Å²) in [6.07, 6.45) is 6.11. The molecule has 0 radical (unpaired) electrons. The fraction of sp³-hybridized carbons (Fsp3) is 0.294. The molecule has 0 fully saturated rings. The van der Waals surface area contributed by atoms with Gasteiger partial charge in [0.15, 0.2) is 5.76 Å². The van der Waals surface area contributed by atoms with Gasteiger partial charge in [-0.3, -0.25) is 0 Å². The van der Waals surface area contributed by atoms with E-state index in [-0.39, 0.29) is 12.6 Å². The Morgan fingerprint density at radius 3 is 3.00 bits per heavy atom. The van der Waals surface area contributed by atoms with Gasteiger partial charge < -0.3 is 13.7 Å². The average molecular weight is 329 g/mol. The highest BCUT2D eigenvalue weighted by atomic mass is 32.1. The largest absolute Gasteiger partial charge is 0.461 e. The summed E-state index contributed by atoms with van der Waals surface area (Å²) in [6, 6.07) is 7.24. The van der Waals surface area contributed by atoms with Gasteiger partial charge in [0.25, 0.3) is 0 Å². The summed E-state index contributed by atoms with van der Waals surface area (Å²) < 4.78 is 15.8. The molecule has 0 N–H and O–H groups in total. The standard InChI is InChI=1S/C17H15NO4S/c19-17(16-8-11-4-1-2-6-15(11)23-16)21-10-12-9-14(22-18-12)13-5-3-7-20-13/h3,5,7-9H,1-2,4,6,10H2. The van der Waals surface area contributed by atoms with E-state index in [0.717, 1.165) is 12.8 Å². The molecule has 0 spiro atoms. The number of fused-ring (bicyclic) bond motifs is 1. The fourth-order valence-electron chi connectivity index (χ4n) is 2.72. The number of nitrogens with zero attached hydrogens (tertiary/aromatic N) is 1. The highest BCUT2D eigenvalue weighted by Gasteiger charge is 2.19. The van der Waals surface area contributed by atoms with Crippen molar-refractivity contribution in [3.8, 4) is 11.5 Å². The summed E-state index contributed by atoms with van der Waals surface area (Å²) in [4.78, 5) is 14.2. The quantitative estimate of drug-likeness (QED) is 0.670. The molecule has 0 atom stereocenters. The van der Waals surface area contributed by atoms with Crippen molar-refractivity contribution in [1.29, 1.82) is 0 Å². The minimum atomic E-state index is -0.299. The molecule has 3 heterocycles. The van der Waals surface area contributed by atoms with Gasteiger partial charge >= 0.3 is 5.97 Å². The van der Waals surface area contributed by atoms with Crippen molar-refractivity contribution in [2.75, 3.05) is 0 Å². The molecule has 0 aliphatic heterocycles.